The fraction of sp³-hybridized carbons (Fsp3) is 0.500. The Morgan fingerprint density at radius 2 is 1.80 bits per heavy atom. The van der Waals surface area contributed by atoms with Crippen molar-refractivity contribution in [3.8, 4) is 0 Å². The van der Waals surface area contributed by atoms with Crippen molar-refractivity contribution in [3.05, 3.63) is 24.3 Å². The molecule has 0 bridgehead atoms. The number of thioether (sulfide) groups is 1. The molecule has 0 radical (unpaired) electrons. The van der Waals surface area contributed by atoms with E-state index in [0.717, 1.165) is 29.1 Å². The van der Waals surface area contributed by atoms with Gasteiger partial charge in [0.2, 0.25) is 5.91 Å². The second-order valence-corrected chi connectivity index (χ2v) is 7.48. The predicted molar refractivity (Wildman–Crippen MR) is 97.5 cm³/mol. The highest BCUT2D eigenvalue weighted by molar-refractivity contribution is 7.98. The highest BCUT2D eigenvalue weighted by Gasteiger charge is 2.55. The number of rotatable bonds is 4. The smallest absolute Gasteiger partial charge is 0.325 e. The summed E-state index contributed by atoms with van der Waals surface area (Å²) in [5, 5.41) is 2.75. The van der Waals surface area contributed by atoms with Crippen molar-refractivity contribution in [1.82, 2.24) is 9.80 Å². The van der Waals surface area contributed by atoms with Gasteiger partial charge in [0.15, 0.2) is 0 Å². The maximum absolute atomic E-state index is 12.9. The molecule has 1 saturated carbocycles. The van der Waals surface area contributed by atoms with Crippen molar-refractivity contribution in [2.24, 2.45) is 0 Å². The van der Waals surface area contributed by atoms with Crippen molar-refractivity contribution in [2.45, 2.75) is 42.5 Å². The van der Waals surface area contributed by atoms with Crippen LogP contribution in [0.5, 0.6) is 0 Å². The van der Waals surface area contributed by atoms with Gasteiger partial charge < -0.3 is 10.2 Å². The second-order valence-electron chi connectivity index (χ2n) is 6.60. The fourth-order valence-corrected chi connectivity index (χ4v) is 4.10. The van der Waals surface area contributed by atoms with Gasteiger partial charge in [-0.1, -0.05) is 19.3 Å². The number of nitrogens with zero attached hydrogens (tertiary/aromatic N) is 2. The fourth-order valence-electron chi connectivity index (χ4n) is 3.69. The molecule has 1 heterocycles. The van der Waals surface area contributed by atoms with E-state index in [2.05, 4.69) is 5.32 Å². The molecular weight excluding hydrogens is 338 g/mol. The van der Waals surface area contributed by atoms with E-state index in [1.54, 1.807) is 18.8 Å². The zero-order chi connectivity index (χ0) is 18.0. The van der Waals surface area contributed by atoms with Gasteiger partial charge >= 0.3 is 6.03 Å². The Morgan fingerprint density at radius 3 is 2.40 bits per heavy atom. The Labute approximate surface area is 151 Å². The molecule has 6 nitrogen and oxygen atoms in total. The normalized spacial score (nSPS) is 19.6. The number of benzene rings is 1. The Balaban J connectivity index is 1.68. The predicted octanol–water partition coefficient (Wildman–Crippen LogP) is 2.94. The van der Waals surface area contributed by atoms with Crippen LogP contribution in [0.15, 0.2) is 29.2 Å². The minimum absolute atomic E-state index is 0.229. The first-order valence-corrected chi connectivity index (χ1v) is 9.74. The van der Waals surface area contributed by atoms with E-state index in [-0.39, 0.29) is 24.4 Å². The number of likely N-dealkylation sites (N-methyl/N-ethyl adjacent to an activating group) is 1. The highest BCUT2D eigenvalue weighted by Crippen LogP contribution is 2.39. The van der Waals surface area contributed by atoms with Crippen molar-refractivity contribution in [1.29, 1.82) is 0 Å². The summed E-state index contributed by atoms with van der Waals surface area (Å²) in [4.78, 5) is 41.4. The summed E-state index contributed by atoms with van der Waals surface area (Å²) in [6.07, 6.45) is 6.31. The van der Waals surface area contributed by atoms with Gasteiger partial charge in [0.05, 0.1) is 0 Å². The van der Waals surface area contributed by atoms with Crippen LogP contribution in [-0.4, -0.2) is 53.0 Å². The molecule has 1 N–H and O–H groups in total. The molecule has 1 aliphatic heterocycles. The number of hydrogen-bond acceptors (Lipinski definition) is 4. The molecule has 0 aromatic heterocycles. The number of anilines is 1. The molecule has 3 rings (SSSR count). The van der Waals surface area contributed by atoms with Crippen LogP contribution in [0.3, 0.4) is 0 Å². The van der Waals surface area contributed by atoms with Gasteiger partial charge in [0.1, 0.15) is 12.1 Å². The zero-order valence-corrected chi connectivity index (χ0v) is 15.4. The van der Waals surface area contributed by atoms with E-state index in [9.17, 15) is 14.4 Å². The van der Waals surface area contributed by atoms with E-state index < -0.39 is 5.54 Å². The maximum Gasteiger partial charge on any atom is 0.327 e. The third kappa shape index (κ3) is 3.25. The van der Waals surface area contributed by atoms with Crippen LogP contribution in [0.25, 0.3) is 0 Å². The average Bonchev–Trinajstić information content (AvgIpc) is 2.79. The molecule has 7 heteroatoms. The molecule has 0 atom stereocenters. The monoisotopic (exact) mass is 361 g/mol. The third-order valence-electron chi connectivity index (χ3n) is 5.16. The lowest BCUT2D eigenvalue weighted by atomic mass is 9.81. The van der Waals surface area contributed by atoms with Gasteiger partial charge in [-0.05, 0) is 43.4 Å². The lowest BCUT2D eigenvalue weighted by molar-refractivity contribution is -0.136. The summed E-state index contributed by atoms with van der Waals surface area (Å²) in [5.41, 5.74) is -0.0853. The number of carbonyl (C=O) groups excluding carboxylic acids is 3. The Bertz CT molecular complexity index is 683. The van der Waals surface area contributed by atoms with Crippen molar-refractivity contribution >= 4 is 35.3 Å². The van der Waals surface area contributed by atoms with Gasteiger partial charge in [-0.15, -0.1) is 11.8 Å². The molecule has 1 aliphatic carbocycles. The van der Waals surface area contributed by atoms with Crippen LogP contribution in [0.4, 0.5) is 10.5 Å². The first kappa shape index (κ1) is 17.8. The van der Waals surface area contributed by atoms with Crippen LogP contribution in [0.1, 0.15) is 32.1 Å². The lowest BCUT2D eigenvalue weighted by Crippen LogP contribution is -2.49. The average molecular weight is 361 g/mol. The van der Waals surface area contributed by atoms with Gasteiger partial charge in [-0.25, -0.2) is 4.79 Å². The highest BCUT2D eigenvalue weighted by atomic mass is 32.2. The Hall–Kier alpha value is -2.02. The van der Waals surface area contributed by atoms with E-state index in [0.29, 0.717) is 18.5 Å². The zero-order valence-electron chi connectivity index (χ0n) is 14.6. The van der Waals surface area contributed by atoms with E-state index in [1.165, 1.54) is 4.90 Å². The number of urea groups is 1. The summed E-state index contributed by atoms with van der Waals surface area (Å²) in [5.74, 6) is -0.590. The largest absolute Gasteiger partial charge is 0.327 e. The number of hydrogen-bond donors (Lipinski definition) is 1. The molecule has 1 spiro atoms. The number of carbonyl (C=O) groups is 3. The molecule has 1 aromatic rings. The van der Waals surface area contributed by atoms with Crippen molar-refractivity contribution in [3.63, 3.8) is 0 Å². The molecule has 25 heavy (non-hydrogen) atoms. The molecular formula is C18H23N3O3S. The number of nitrogens with one attached hydrogen (secondary N) is 1. The van der Waals surface area contributed by atoms with Gasteiger partial charge in [0, 0.05) is 17.6 Å². The van der Waals surface area contributed by atoms with Crippen molar-refractivity contribution < 1.29 is 14.4 Å². The second kappa shape index (κ2) is 7.07. The standard InChI is InChI=1S/C18H23N3O3S/c1-20-17(24)21(16(23)18(20)10-4-3-5-11-18)12-15(22)19-13-6-8-14(25-2)9-7-13/h6-9H,3-5,10-12H2,1-2H3,(H,19,22). The minimum atomic E-state index is -0.740. The lowest BCUT2D eigenvalue weighted by Gasteiger charge is -2.35. The summed E-state index contributed by atoms with van der Waals surface area (Å²) >= 11 is 1.62. The van der Waals surface area contributed by atoms with E-state index in [1.807, 2.05) is 30.5 Å². The van der Waals surface area contributed by atoms with Crippen LogP contribution in [0, 0.1) is 0 Å². The van der Waals surface area contributed by atoms with E-state index in [4.69, 9.17) is 0 Å². The van der Waals surface area contributed by atoms with Crippen LogP contribution >= 0.6 is 11.8 Å². The minimum Gasteiger partial charge on any atom is -0.325 e. The number of imide groups is 1. The topological polar surface area (TPSA) is 69.7 Å². The van der Waals surface area contributed by atoms with E-state index >= 15 is 0 Å². The SMILES string of the molecule is CSc1ccc(NC(=O)CN2C(=O)N(C)C3(CCCCC3)C2=O)cc1. The van der Waals surface area contributed by atoms with Gasteiger partial charge in [-0.3, -0.25) is 14.5 Å². The third-order valence-corrected chi connectivity index (χ3v) is 5.90. The molecule has 4 amide bonds. The molecule has 2 fully saturated rings. The maximum atomic E-state index is 12.9. The summed E-state index contributed by atoms with van der Waals surface area (Å²) in [6, 6.07) is 7.08. The summed E-state index contributed by atoms with van der Waals surface area (Å²) in [7, 11) is 1.67. The molecule has 134 valence electrons. The van der Waals surface area contributed by atoms with Crippen LogP contribution in [-0.2, 0) is 9.59 Å². The first-order valence-electron chi connectivity index (χ1n) is 8.51. The van der Waals surface area contributed by atoms with Gasteiger partial charge in [-0.2, -0.15) is 0 Å². The quantitative estimate of drug-likeness (QED) is 0.661. The Kier molecular flexibility index (Phi) is 5.03. The number of amides is 4. The molecule has 1 saturated heterocycles. The first-order chi connectivity index (χ1) is 12.0. The van der Waals surface area contributed by atoms with Crippen LogP contribution < -0.4 is 5.32 Å². The van der Waals surface area contributed by atoms with Crippen molar-refractivity contribution in [2.75, 3.05) is 25.2 Å². The summed E-state index contributed by atoms with van der Waals surface area (Å²) < 4.78 is 0. The summed E-state index contributed by atoms with van der Waals surface area (Å²) in [6.45, 7) is -0.242. The molecule has 0 unspecified atom stereocenters. The van der Waals surface area contributed by atoms with Gasteiger partial charge in [0.25, 0.3) is 5.91 Å². The molecule has 1 aromatic carbocycles. The Morgan fingerprint density at radius 1 is 1.16 bits per heavy atom. The van der Waals surface area contributed by atoms with Crippen LogP contribution in [0.2, 0.25) is 0 Å². The molecule has 2 aliphatic rings.